The highest BCUT2D eigenvalue weighted by atomic mass is 16.7. The fraction of sp³-hybridized carbons (Fsp3) is 1.00. The van der Waals surface area contributed by atoms with E-state index in [2.05, 4.69) is 27.7 Å². The van der Waals surface area contributed by atoms with Crippen LogP contribution >= 0.6 is 0 Å². The SMILES string of the molecule is COC[C@@H]1OC[C@@H]2C[C@@]3(C[C@@H](C)O1)[C@H](C)CC[C@H]3C2(C)C. The molecule has 0 unspecified atom stereocenters. The van der Waals surface area contributed by atoms with Crippen molar-refractivity contribution in [1.29, 1.82) is 0 Å². The Labute approximate surface area is 129 Å². The zero-order valence-electron chi connectivity index (χ0n) is 14.4. The summed E-state index contributed by atoms with van der Waals surface area (Å²) in [7, 11) is 1.72. The standard InChI is InChI=1S/C18H32O3/c1-12-6-7-15-17(3,4)14-9-18(12,15)8-13(2)21-16(11-19-5)20-10-14/h12-16H,6-11H2,1-5H3/t12-,13-,14+,15+,16-,18+/m1/s1. The lowest BCUT2D eigenvalue weighted by molar-refractivity contribution is -0.202. The van der Waals surface area contributed by atoms with Gasteiger partial charge in [-0.2, -0.15) is 0 Å². The van der Waals surface area contributed by atoms with Gasteiger partial charge < -0.3 is 14.2 Å². The van der Waals surface area contributed by atoms with Gasteiger partial charge in [-0.05, 0) is 61.2 Å². The van der Waals surface area contributed by atoms with E-state index >= 15 is 0 Å². The van der Waals surface area contributed by atoms with Crippen LogP contribution in [0.5, 0.6) is 0 Å². The molecule has 2 saturated carbocycles. The van der Waals surface area contributed by atoms with E-state index in [1.54, 1.807) is 7.11 Å². The van der Waals surface area contributed by atoms with Crippen molar-refractivity contribution in [2.45, 2.75) is 65.8 Å². The van der Waals surface area contributed by atoms with Crippen molar-refractivity contribution in [2.24, 2.45) is 28.6 Å². The van der Waals surface area contributed by atoms with Crippen molar-refractivity contribution in [3.8, 4) is 0 Å². The van der Waals surface area contributed by atoms with E-state index in [9.17, 15) is 0 Å². The van der Waals surface area contributed by atoms with Gasteiger partial charge in [0, 0.05) is 7.11 Å². The molecule has 3 heteroatoms. The topological polar surface area (TPSA) is 27.7 Å². The van der Waals surface area contributed by atoms with Crippen LogP contribution in [0.1, 0.15) is 53.4 Å². The van der Waals surface area contributed by atoms with E-state index in [4.69, 9.17) is 14.2 Å². The van der Waals surface area contributed by atoms with Gasteiger partial charge in [-0.25, -0.2) is 0 Å². The molecule has 1 aliphatic heterocycles. The highest BCUT2D eigenvalue weighted by molar-refractivity contribution is 5.10. The van der Waals surface area contributed by atoms with Crippen molar-refractivity contribution in [1.82, 2.24) is 0 Å². The molecule has 0 amide bonds. The molecule has 0 N–H and O–H groups in total. The zero-order chi connectivity index (χ0) is 15.3. The predicted octanol–water partition coefficient (Wildman–Crippen LogP) is 3.86. The molecule has 1 heterocycles. The Hall–Kier alpha value is -0.120. The molecular weight excluding hydrogens is 264 g/mol. The Balaban J connectivity index is 1.89. The summed E-state index contributed by atoms with van der Waals surface area (Å²) in [5.74, 6) is 2.30. The predicted molar refractivity (Wildman–Crippen MR) is 83.0 cm³/mol. The fourth-order valence-electron chi connectivity index (χ4n) is 5.83. The van der Waals surface area contributed by atoms with Gasteiger partial charge in [-0.1, -0.05) is 20.8 Å². The minimum absolute atomic E-state index is 0.202. The molecule has 0 aromatic carbocycles. The first kappa shape index (κ1) is 15.8. The Bertz CT molecular complexity index is 381. The molecule has 3 fully saturated rings. The van der Waals surface area contributed by atoms with E-state index in [-0.39, 0.29) is 12.4 Å². The monoisotopic (exact) mass is 296 g/mol. The van der Waals surface area contributed by atoms with E-state index in [1.165, 1.54) is 25.7 Å². The summed E-state index contributed by atoms with van der Waals surface area (Å²) in [5.41, 5.74) is 0.859. The Kier molecular flexibility index (Phi) is 4.13. The van der Waals surface area contributed by atoms with E-state index < -0.39 is 0 Å². The van der Waals surface area contributed by atoms with Crippen LogP contribution in [0.4, 0.5) is 0 Å². The first-order valence-electron chi connectivity index (χ1n) is 8.66. The maximum Gasteiger partial charge on any atom is 0.181 e. The quantitative estimate of drug-likeness (QED) is 0.774. The van der Waals surface area contributed by atoms with Crippen molar-refractivity contribution in [3.05, 3.63) is 0 Å². The van der Waals surface area contributed by atoms with E-state index in [0.29, 0.717) is 23.4 Å². The minimum Gasteiger partial charge on any atom is -0.379 e. The third kappa shape index (κ3) is 2.46. The van der Waals surface area contributed by atoms with Gasteiger partial charge >= 0.3 is 0 Å². The lowest BCUT2D eigenvalue weighted by atomic mass is 9.66. The van der Waals surface area contributed by atoms with Gasteiger partial charge in [-0.3, -0.25) is 0 Å². The molecule has 0 aromatic rings. The second-order valence-corrected chi connectivity index (χ2v) is 8.36. The number of hydrogen-bond donors (Lipinski definition) is 0. The van der Waals surface area contributed by atoms with Crippen LogP contribution < -0.4 is 0 Å². The highest BCUT2D eigenvalue weighted by Crippen LogP contribution is 2.68. The zero-order valence-corrected chi connectivity index (χ0v) is 14.4. The fourth-order valence-corrected chi connectivity index (χ4v) is 5.83. The summed E-state index contributed by atoms with van der Waals surface area (Å²) in [5, 5.41) is 0. The molecule has 0 radical (unpaired) electrons. The van der Waals surface area contributed by atoms with Gasteiger partial charge in [0.05, 0.1) is 19.3 Å². The number of fused-ring (bicyclic) bond motifs is 1. The van der Waals surface area contributed by atoms with E-state index in [0.717, 1.165) is 18.4 Å². The third-order valence-electron chi connectivity index (χ3n) is 6.98. The molecular formula is C18H32O3. The smallest absolute Gasteiger partial charge is 0.181 e. The Morgan fingerprint density at radius 3 is 2.62 bits per heavy atom. The molecule has 1 spiro atoms. The number of ether oxygens (including phenoxy) is 3. The summed E-state index contributed by atoms with van der Waals surface area (Å²) in [6, 6.07) is 0. The van der Waals surface area contributed by atoms with Gasteiger partial charge in [0.2, 0.25) is 0 Å². The summed E-state index contributed by atoms with van der Waals surface area (Å²) in [4.78, 5) is 0. The summed E-state index contributed by atoms with van der Waals surface area (Å²) in [6.07, 6.45) is 5.32. The van der Waals surface area contributed by atoms with Crippen LogP contribution in [0.3, 0.4) is 0 Å². The normalized spacial score (nSPS) is 49.3. The molecule has 3 aliphatic rings. The number of rotatable bonds is 2. The molecule has 3 rings (SSSR count). The summed E-state index contributed by atoms with van der Waals surface area (Å²) < 4.78 is 17.5. The molecule has 1 saturated heterocycles. The van der Waals surface area contributed by atoms with Gasteiger partial charge in [0.15, 0.2) is 6.29 Å². The average Bonchev–Trinajstić information content (AvgIpc) is 2.84. The van der Waals surface area contributed by atoms with Crippen molar-refractivity contribution >= 4 is 0 Å². The molecule has 2 aliphatic carbocycles. The molecule has 2 bridgehead atoms. The maximum absolute atomic E-state index is 6.14. The number of methoxy groups -OCH3 is 1. The van der Waals surface area contributed by atoms with Crippen molar-refractivity contribution in [3.63, 3.8) is 0 Å². The Morgan fingerprint density at radius 2 is 1.90 bits per heavy atom. The van der Waals surface area contributed by atoms with Crippen molar-refractivity contribution < 1.29 is 14.2 Å². The first-order valence-corrected chi connectivity index (χ1v) is 8.66. The van der Waals surface area contributed by atoms with Crippen LogP contribution in [0.2, 0.25) is 0 Å². The molecule has 122 valence electrons. The third-order valence-corrected chi connectivity index (χ3v) is 6.98. The lowest BCUT2D eigenvalue weighted by Crippen LogP contribution is -2.38. The van der Waals surface area contributed by atoms with Crippen LogP contribution in [-0.4, -0.2) is 32.7 Å². The van der Waals surface area contributed by atoms with Gasteiger partial charge in [-0.15, -0.1) is 0 Å². The molecule has 0 aromatic heterocycles. The maximum atomic E-state index is 6.14. The van der Waals surface area contributed by atoms with Crippen molar-refractivity contribution in [2.75, 3.05) is 20.3 Å². The molecule has 21 heavy (non-hydrogen) atoms. The number of hydrogen-bond acceptors (Lipinski definition) is 3. The van der Waals surface area contributed by atoms with Crippen LogP contribution in [0.25, 0.3) is 0 Å². The lowest BCUT2D eigenvalue weighted by Gasteiger charge is -2.40. The molecule has 3 nitrogen and oxygen atoms in total. The minimum atomic E-state index is -0.202. The summed E-state index contributed by atoms with van der Waals surface area (Å²) in [6.45, 7) is 11.0. The highest BCUT2D eigenvalue weighted by Gasteiger charge is 2.62. The van der Waals surface area contributed by atoms with Crippen LogP contribution in [0, 0.1) is 28.6 Å². The van der Waals surface area contributed by atoms with Gasteiger partial charge in [0.1, 0.15) is 0 Å². The largest absolute Gasteiger partial charge is 0.379 e. The first-order chi connectivity index (χ1) is 9.90. The van der Waals surface area contributed by atoms with Crippen LogP contribution in [-0.2, 0) is 14.2 Å². The second kappa shape index (κ2) is 5.50. The van der Waals surface area contributed by atoms with Gasteiger partial charge in [0.25, 0.3) is 0 Å². The summed E-state index contributed by atoms with van der Waals surface area (Å²) >= 11 is 0. The average molecular weight is 296 g/mol. The Morgan fingerprint density at radius 1 is 1.14 bits per heavy atom. The van der Waals surface area contributed by atoms with E-state index in [1.807, 2.05) is 0 Å². The second-order valence-electron chi connectivity index (χ2n) is 8.36. The van der Waals surface area contributed by atoms with Crippen LogP contribution in [0.15, 0.2) is 0 Å². The molecule has 6 atom stereocenters.